The van der Waals surface area contributed by atoms with E-state index in [1.807, 2.05) is 30.3 Å². The molecule has 0 aliphatic rings. The van der Waals surface area contributed by atoms with Crippen LogP contribution in [0.3, 0.4) is 0 Å². The Morgan fingerprint density at radius 1 is 1.12 bits per heavy atom. The van der Waals surface area contributed by atoms with Gasteiger partial charge in [-0.15, -0.1) is 0 Å². The van der Waals surface area contributed by atoms with E-state index < -0.39 is 0 Å². The second-order valence-corrected chi connectivity index (χ2v) is 3.27. The van der Waals surface area contributed by atoms with E-state index in [0.29, 0.717) is 18.5 Å². The van der Waals surface area contributed by atoms with Crippen LogP contribution in [0.15, 0.2) is 51.9 Å². The summed E-state index contributed by atoms with van der Waals surface area (Å²) in [5.41, 5.74) is 0.907. The number of rotatable bonds is 4. The average Bonchev–Trinajstić information content (AvgIpc) is 2.78. The molecule has 0 aliphatic heterocycles. The zero-order valence-corrected chi connectivity index (χ0v) is 8.67. The first-order valence-corrected chi connectivity index (χ1v) is 5.00. The van der Waals surface area contributed by atoms with E-state index in [2.05, 4.69) is 4.99 Å². The topological polar surface area (TPSA) is 42.6 Å². The number of aliphatic imine (C=N–C) groups is 1. The van der Waals surface area contributed by atoms with Crippen LogP contribution in [-0.2, 0) is 6.42 Å². The van der Waals surface area contributed by atoms with Crippen molar-refractivity contribution in [2.45, 2.75) is 6.42 Å². The Labute approximate surface area is 93.4 Å². The highest BCUT2D eigenvalue weighted by Crippen LogP contribution is 2.10. The molecule has 1 aromatic carbocycles. The maximum absolute atomic E-state index is 10.4. The molecule has 0 atom stereocenters. The monoisotopic (exact) mass is 213 g/mol. The van der Waals surface area contributed by atoms with E-state index in [0.717, 1.165) is 11.4 Å². The number of para-hydroxylation sites is 1. The van der Waals surface area contributed by atoms with E-state index in [1.165, 1.54) is 0 Å². The van der Waals surface area contributed by atoms with Crippen molar-refractivity contribution in [1.29, 1.82) is 0 Å². The smallest absolute Gasteiger partial charge is 0.185 e. The minimum absolute atomic E-state index is 0.350. The fourth-order valence-corrected chi connectivity index (χ4v) is 1.32. The second-order valence-electron chi connectivity index (χ2n) is 3.27. The Hall–Kier alpha value is -2.16. The van der Waals surface area contributed by atoms with Gasteiger partial charge >= 0.3 is 0 Å². The summed E-state index contributed by atoms with van der Waals surface area (Å²) >= 11 is 0. The molecule has 80 valence electrons. The van der Waals surface area contributed by atoms with E-state index in [1.54, 1.807) is 18.3 Å². The van der Waals surface area contributed by atoms with E-state index in [9.17, 15) is 4.79 Å². The molecule has 0 saturated carbocycles. The van der Waals surface area contributed by atoms with Gasteiger partial charge in [-0.25, -0.2) is 0 Å². The molecule has 1 aromatic heterocycles. The maximum Gasteiger partial charge on any atom is 0.185 e. The third kappa shape index (κ3) is 2.67. The van der Waals surface area contributed by atoms with Crippen molar-refractivity contribution in [2.24, 2.45) is 4.99 Å². The van der Waals surface area contributed by atoms with Gasteiger partial charge in [0, 0.05) is 12.6 Å². The largest absolute Gasteiger partial charge is 0.458 e. The standard InChI is InChI=1S/C13H11NO2/c15-10-13-7-6-12(16-13)8-9-14-11-4-2-1-3-5-11/h1-7,9-10H,8H2. The summed E-state index contributed by atoms with van der Waals surface area (Å²) in [4.78, 5) is 14.7. The molecule has 0 saturated heterocycles. The van der Waals surface area contributed by atoms with Gasteiger partial charge in [-0.05, 0) is 24.3 Å². The van der Waals surface area contributed by atoms with Crippen LogP contribution in [0.4, 0.5) is 5.69 Å². The maximum atomic E-state index is 10.4. The highest BCUT2D eigenvalue weighted by Gasteiger charge is 1.98. The molecule has 0 N–H and O–H groups in total. The van der Waals surface area contributed by atoms with Crippen molar-refractivity contribution in [1.82, 2.24) is 0 Å². The molecule has 2 rings (SSSR count). The zero-order chi connectivity index (χ0) is 11.2. The average molecular weight is 213 g/mol. The SMILES string of the molecule is O=Cc1ccc(CC=Nc2ccccc2)o1. The lowest BCUT2D eigenvalue weighted by atomic mass is 10.3. The lowest BCUT2D eigenvalue weighted by molar-refractivity contribution is 0.109. The molecule has 0 amide bonds. The van der Waals surface area contributed by atoms with E-state index in [-0.39, 0.29) is 0 Å². The number of aldehydes is 1. The van der Waals surface area contributed by atoms with Crippen molar-refractivity contribution in [3.8, 4) is 0 Å². The lowest BCUT2D eigenvalue weighted by Gasteiger charge is -1.91. The Kier molecular flexibility index (Phi) is 3.28. The number of benzene rings is 1. The first-order valence-electron chi connectivity index (χ1n) is 5.00. The van der Waals surface area contributed by atoms with Crippen molar-refractivity contribution in [3.05, 3.63) is 54.0 Å². The van der Waals surface area contributed by atoms with Crippen molar-refractivity contribution in [3.63, 3.8) is 0 Å². The summed E-state index contributed by atoms with van der Waals surface area (Å²) < 4.78 is 5.21. The van der Waals surface area contributed by atoms with Crippen LogP contribution in [0.1, 0.15) is 16.3 Å². The van der Waals surface area contributed by atoms with Crippen molar-refractivity contribution >= 4 is 18.2 Å². The molecule has 1 heterocycles. The predicted octanol–water partition coefficient (Wildman–Crippen LogP) is 3.04. The van der Waals surface area contributed by atoms with Crippen LogP contribution < -0.4 is 0 Å². The third-order valence-corrected chi connectivity index (χ3v) is 2.09. The predicted molar refractivity (Wildman–Crippen MR) is 62.4 cm³/mol. The Balaban J connectivity index is 1.97. The van der Waals surface area contributed by atoms with Gasteiger partial charge in [0.15, 0.2) is 12.0 Å². The summed E-state index contributed by atoms with van der Waals surface area (Å²) in [5.74, 6) is 1.09. The summed E-state index contributed by atoms with van der Waals surface area (Å²) in [6.45, 7) is 0. The molecular weight excluding hydrogens is 202 g/mol. The van der Waals surface area contributed by atoms with Gasteiger partial charge in [0.25, 0.3) is 0 Å². The fourth-order valence-electron chi connectivity index (χ4n) is 1.32. The Morgan fingerprint density at radius 2 is 1.94 bits per heavy atom. The van der Waals surface area contributed by atoms with Crippen LogP contribution >= 0.6 is 0 Å². The molecular formula is C13H11NO2. The molecule has 0 fully saturated rings. The molecule has 16 heavy (non-hydrogen) atoms. The molecule has 2 aromatic rings. The zero-order valence-electron chi connectivity index (χ0n) is 8.67. The van der Waals surface area contributed by atoms with E-state index >= 15 is 0 Å². The van der Waals surface area contributed by atoms with Gasteiger partial charge in [0.1, 0.15) is 5.76 Å². The van der Waals surface area contributed by atoms with Gasteiger partial charge in [0.05, 0.1) is 5.69 Å². The number of nitrogens with zero attached hydrogens (tertiary/aromatic N) is 1. The van der Waals surface area contributed by atoms with Gasteiger partial charge < -0.3 is 4.42 Å². The van der Waals surface area contributed by atoms with Gasteiger partial charge in [-0.2, -0.15) is 0 Å². The molecule has 0 bridgehead atoms. The van der Waals surface area contributed by atoms with Gasteiger partial charge in [-0.3, -0.25) is 9.79 Å². The number of furan rings is 1. The minimum Gasteiger partial charge on any atom is -0.458 e. The number of hydrogen-bond acceptors (Lipinski definition) is 3. The number of carbonyl (C=O) groups is 1. The lowest BCUT2D eigenvalue weighted by Crippen LogP contribution is -1.81. The summed E-state index contributed by atoms with van der Waals surface area (Å²) in [5, 5.41) is 0. The summed E-state index contributed by atoms with van der Waals surface area (Å²) in [6, 6.07) is 13.1. The second kappa shape index (κ2) is 5.07. The molecule has 0 spiro atoms. The van der Waals surface area contributed by atoms with Crippen LogP contribution in [-0.4, -0.2) is 12.5 Å². The summed E-state index contributed by atoms with van der Waals surface area (Å²) in [7, 11) is 0. The van der Waals surface area contributed by atoms with Crippen LogP contribution in [0.25, 0.3) is 0 Å². The van der Waals surface area contributed by atoms with Gasteiger partial charge in [-0.1, -0.05) is 18.2 Å². The Morgan fingerprint density at radius 3 is 2.62 bits per heavy atom. The Bertz CT molecular complexity index is 486. The number of carbonyl (C=O) groups excluding carboxylic acids is 1. The van der Waals surface area contributed by atoms with Crippen molar-refractivity contribution < 1.29 is 9.21 Å². The van der Waals surface area contributed by atoms with Crippen LogP contribution in [0.2, 0.25) is 0 Å². The van der Waals surface area contributed by atoms with Crippen LogP contribution in [0.5, 0.6) is 0 Å². The molecule has 0 unspecified atom stereocenters. The summed E-state index contributed by atoms with van der Waals surface area (Å²) in [6.07, 6.45) is 3.04. The quantitative estimate of drug-likeness (QED) is 0.578. The highest BCUT2D eigenvalue weighted by molar-refractivity contribution is 5.71. The third-order valence-electron chi connectivity index (χ3n) is 2.09. The van der Waals surface area contributed by atoms with Gasteiger partial charge in [0.2, 0.25) is 0 Å². The molecule has 0 radical (unpaired) electrons. The minimum atomic E-state index is 0.350. The first kappa shape index (κ1) is 10.4. The first-order chi connectivity index (χ1) is 7.88. The van der Waals surface area contributed by atoms with Crippen molar-refractivity contribution in [2.75, 3.05) is 0 Å². The van der Waals surface area contributed by atoms with E-state index in [4.69, 9.17) is 4.42 Å². The highest BCUT2D eigenvalue weighted by atomic mass is 16.3. The molecule has 3 nitrogen and oxygen atoms in total. The fraction of sp³-hybridized carbons (Fsp3) is 0.0769. The molecule has 0 aliphatic carbocycles. The van der Waals surface area contributed by atoms with Crippen LogP contribution in [0, 0.1) is 0 Å². The normalized spacial score (nSPS) is 10.8. The molecule has 3 heteroatoms. The number of hydrogen-bond donors (Lipinski definition) is 0.